The zero-order valence-corrected chi connectivity index (χ0v) is 15.5. The Morgan fingerprint density at radius 1 is 1.19 bits per heavy atom. The first-order valence-corrected chi connectivity index (χ1v) is 9.45. The Labute approximate surface area is 154 Å². The van der Waals surface area contributed by atoms with Crippen molar-refractivity contribution >= 4 is 5.91 Å². The summed E-state index contributed by atoms with van der Waals surface area (Å²) >= 11 is 0. The number of carbonyl (C=O) groups is 1. The van der Waals surface area contributed by atoms with Gasteiger partial charge in [0.1, 0.15) is 5.82 Å². The summed E-state index contributed by atoms with van der Waals surface area (Å²) in [6.07, 6.45) is 6.02. The van der Waals surface area contributed by atoms with Crippen molar-refractivity contribution in [2.45, 2.75) is 58.4 Å². The van der Waals surface area contributed by atoms with E-state index in [0.29, 0.717) is 23.0 Å². The first-order valence-electron chi connectivity index (χ1n) is 9.45. The van der Waals surface area contributed by atoms with Crippen LogP contribution in [-0.4, -0.2) is 15.9 Å². The molecule has 26 heavy (non-hydrogen) atoms. The van der Waals surface area contributed by atoms with Gasteiger partial charge in [0, 0.05) is 11.3 Å². The Balaban J connectivity index is 1.78. The first-order chi connectivity index (χ1) is 12.5. The number of nitrogens with one attached hydrogen (secondary N) is 2. The molecule has 0 saturated heterocycles. The van der Waals surface area contributed by atoms with Crippen LogP contribution in [0.2, 0.25) is 0 Å². The van der Waals surface area contributed by atoms with Crippen molar-refractivity contribution in [3.63, 3.8) is 0 Å². The maximum absolute atomic E-state index is 12.7. The highest BCUT2D eigenvalue weighted by Crippen LogP contribution is 2.34. The van der Waals surface area contributed by atoms with E-state index in [4.69, 9.17) is 0 Å². The lowest BCUT2D eigenvalue weighted by atomic mass is 9.81. The summed E-state index contributed by atoms with van der Waals surface area (Å²) in [7, 11) is 0. The van der Waals surface area contributed by atoms with E-state index in [1.165, 1.54) is 19.3 Å². The fourth-order valence-electron chi connectivity index (χ4n) is 3.95. The van der Waals surface area contributed by atoms with Gasteiger partial charge in [0.25, 0.3) is 5.56 Å². The number of aromatic amines is 1. The lowest BCUT2D eigenvalue weighted by molar-refractivity contribution is -0.121. The fourth-order valence-corrected chi connectivity index (χ4v) is 3.95. The molecular weight excluding hydrogens is 326 g/mol. The Bertz CT molecular complexity index is 808. The topological polar surface area (TPSA) is 74.8 Å². The summed E-state index contributed by atoms with van der Waals surface area (Å²) in [5, 5.41) is 3.20. The van der Waals surface area contributed by atoms with Gasteiger partial charge in [0.15, 0.2) is 0 Å². The third kappa shape index (κ3) is 4.40. The third-order valence-corrected chi connectivity index (χ3v) is 5.27. The quantitative estimate of drug-likeness (QED) is 0.865. The number of aryl methyl sites for hydroxylation is 2. The smallest absolute Gasteiger partial charge is 0.254 e. The molecule has 1 fully saturated rings. The van der Waals surface area contributed by atoms with Crippen LogP contribution in [-0.2, 0) is 11.2 Å². The van der Waals surface area contributed by atoms with Crippen molar-refractivity contribution in [2.24, 2.45) is 5.92 Å². The number of benzene rings is 1. The third-order valence-electron chi connectivity index (χ3n) is 5.27. The molecule has 0 unspecified atom stereocenters. The predicted molar refractivity (Wildman–Crippen MR) is 102 cm³/mol. The summed E-state index contributed by atoms with van der Waals surface area (Å²) in [6, 6.07) is 10.2. The molecule has 1 aromatic carbocycles. The summed E-state index contributed by atoms with van der Waals surface area (Å²) in [5.74, 6) is 0.898. The second-order valence-electron chi connectivity index (χ2n) is 7.25. The molecule has 5 heteroatoms. The van der Waals surface area contributed by atoms with E-state index in [-0.39, 0.29) is 23.9 Å². The van der Waals surface area contributed by atoms with Crippen molar-refractivity contribution in [3.8, 4) is 0 Å². The molecule has 138 valence electrons. The van der Waals surface area contributed by atoms with E-state index in [9.17, 15) is 9.59 Å². The van der Waals surface area contributed by atoms with E-state index >= 15 is 0 Å². The van der Waals surface area contributed by atoms with E-state index in [2.05, 4.69) is 27.4 Å². The molecule has 5 nitrogen and oxygen atoms in total. The Morgan fingerprint density at radius 3 is 2.54 bits per heavy atom. The normalized spacial score (nSPS) is 16.2. The van der Waals surface area contributed by atoms with Crippen molar-refractivity contribution < 1.29 is 4.79 Å². The minimum Gasteiger partial charge on any atom is -0.349 e. The van der Waals surface area contributed by atoms with E-state index < -0.39 is 0 Å². The van der Waals surface area contributed by atoms with E-state index in [0.717, 1.165) is 18.4 Å². The lowest BCUT2D eigenvalue weighted by Gasteiger charge is -2.31. The number of amides is 1. The molecule has 1 aliphatic rings. The molecule has 1 amide bonds. The molecule has 2 aromatic rings. The molecule has 2 N–H and O–H groups in total. The number of carbonyl (C=O) groups excluding carboxylic acids is 1. The Morgan fingerprint density at radius 2 is 1.88 bits per heavy atom. The van der Waals surface area contributed by atoms with Gasteiger partial charge in [0.05, 0.1) is 12.5 Å². The van der Waals surface area contributed by atoms with Gasteiger partial charge in [-0.15, -0.1) is 0 Å². The minimum atomic E-state index is -0.223. The van der Waals surface area contributed by atoms with Crippen LogP contribution in [0.1, 0.15) is 60.8 Å². The molecule has 1 atom stereocenters. The Hall–Kier alpha value is -2.43. The van der Waals surface area contributed by atoms with Gasteiger partial charge < -0.3 is 10.3 Å². The van der Waals surface area contributed by atoms with Crippen LogP contribution < -0.4 is 10.9 Å². The highest BCUT2D eigenvalue weighted by atomic mass is 16.2. The highest BCUT2D eigenvalue weighted by molar-refractivity contribution is 5.79. The molecule has 1 saturated carbocycles. The summed E-state index contributed by atoms with van der Waals surface area (Å²) in [4.78, 5) is 31.9. The SMILES string of the molecule is Cc1nc(C)c(CC(=O)N[C@@H](c2ccccc2)C2CCCCC2)c(=O)[nH]1. The zero-order valence-electron chi connectivity index (χ0n) is 15.5. The van der Waals surface area contributed by atoms with Gasteiger partial charge in [-0.2, -0.15) is 0 Å². The highest BCUT2D eigenvalue weighted by Gasteiger charge is 2.27. The number of hydrogen-bond acceptors (Lipinski definition) is 3. The van der Waals surface area contributed by atoms with Gasteiger partial charge in [-0.25, -0.2) is 4.98 Å². The standard InChI is InChI=1S/C21H27N3O2/c1-14-18(21(26)23-15(2)22-14)13-19(25)24-20(16-9-5-3-6-10-16)17-11-7-4-8-12-17/h3,5-6,9-10,17,20H,4,7-8,11-13H2,1-2H3,(H,24,25)(H,22,23,26)/t20-/m0/s1. The molecule has 1 aromatic heterocycles. The molecule has 0 aliphatic heterocycles. The maximum Gasteiger partial charge on any atom is 0.254 e. The van der Waals surface area contributed by atoms with Crippen LogP contribution in [0, 0.1) is 19.8 Å². The van der Waals surface area contributed by atoms with Gasteiger partial charge in [0.2, 0.25) is 5.91 Å². The fraction of sp³-hybridized carbons (Fsp3) is 0.476. The molecule has 1 heterocycles. The van der Waals surface area contributed by atoms with E-state index in [1.54, 1.807) is 13.8 Å². The molecule has 3 rings (SSSR count). The van der Waals surface area contributed by atoms with Crippen LogP contribution in [0.5, 0.6) is 0 Å². The zero-order chi connectivity index (χ0) is 18.5. The molecule has 0 bridgehead atoms. The van der Waals surface area contributed by atoms with Crippen molar-refractivity contribution in [3.05, 3.63) is 63.3 Å². The van der Waals surface area contributed by atoms with Crippen molar-refractivity contribution in [1.82, 2.24) is 15.3 Å². The summed E-state index contributed by atoms with van der Waals surface area (Å²) in [6.45, 7) is 3.52. The largest absolute Gasteiger partial charge is 0.349 e. The number of nitrogens with zero attached hydrogens (tertiary/aromatic N) is 1. The monoisotopic (exact) mass is 353 g/mol. The van der Waals surface area contributed by atoms with Crippen LogP contribution >= 0.6 is 0 Å². The number of hydrogen-bond donors (Lipinski definition) is 2. The van der Waals surface area contributed by atoms with Gasteiger partial charge in [-0.05, 0) is 38.2 Å². The summed E-state index contributed by atoms with van der Waals surface area (Å²) < 4.78 is 0. The molecule has 0 radical (unpaired) electrons. The minimum absolute atomic E-state index is 0.00166. The van der Waals surface area contributed by atoms with Crippen LogP contribution in [0.15, 0.2) is 35.1 Å². The number of rotatable bonds is 5. The van der Waals surface area contributed by atoms with Crippen LogP contribution in [0.4, 0.5) is 0 Å². The van der Waals surface area contributed by atoms with Crippen LogP contribution in [0.25, 0.3) is 0 Å². The predicted octanol–water partition coefficient (Wildman–Crippen LogP) is 3.37. The number of H-pyrrole nitrogens is 1. The van der Waals surface area contributed by atoms with Gasteiger partial charge >= 0.3 is 0 Å². The summed E-state index contributed by atoms with van der Waals surface area (Å²) in [5.41, 5.74) is 1.98. The van der Waals surface area contributed by atoms with Gasteiger partial charge in [-0.1, -0.05) is 49.6 Å². The molecule has 1 aliphatic carbocycles. The van der Waals surface area contributed by atoms with Crippen molar-refractivity contribution in [2.75, 3.05) is 0 Å². The van der Waals surface area contributed by atoms with Gasteiger partial charge in [-0.3, -0.25) is 9.59 Å². The number of aromatic nitrogens is 2. The average molecular weight is 353 g/mol. The second-order valence-corrected chi connectivity index (χ2v) is 7.25. The first kappa shape index (κ1) is 18.4. The molecular formula is C21H27N3O2. The van der Waals surface area contributed by atoms with E-state index in [1.807, 2.05) is 18.2 Å². The maximum atomic E-state index is 12.7. The lowest BCUT2D eigenvalue weighted by Crippen LogP contribution is -2.36. The average Bonchev–Trinajstić information content (AvgIpc) is 2.64. The molecule has 0 spiro atoms. The Kier molecular flexibility index (Phi) is 5.86. The second kappa shape index (κ2) is 8.30. The van der Waals surface area contributed by atoms with Crippen molar-refractivity contribution in [1.29, 1.82) is 0 Å². The van der Waals surface area contributed by atoms with Crippen LogP contribution in [0.3, 0.4) is 0 Å².